The van der Waals surface area contributed by atoms with Gasteiger partial charge in [0.15, 0.2) is 10.9 Å². The number of nitrogens with zero attached hydrogens (tertiary/aromatic N) is 3. The third kappa shape index (κ3) is 4.41. The Bertz CT molecular complexity index is 937. The molecule has 1 amide bonds. The maximum absolute atomic E-state index is 11.9. The van der Waals surface area contributed by atoms with Gasteiger partial charge in [-0.25, -0.2) is 4.98 Å². The molecule has 7 nitrogen and oxygen atoms in total. The number of halogens is 1. The Balaban J connectivity index is 0.00000210. The van der Waals surface area contributed by atoms with Crippen molar-refractivity contribution in [3.05, 3.63) is 53.3 Å². The number of aromatic nitrogens is 2. The van der Waals surface area contributed by atoms with E-state index in [0.717, 1.165) is 21.9 Å². The normalized spacial score (nSPS) is 16.4. The smallest absolute Gasteiger partial charge is 0.225 e. The summed E-state index contributed by atoms with van der Waals surface area (Å²) in [7, 11) is 1.74. The maximum Gasteiger partial charge on any atom is 0.225 e. The highest BCUT2D eigenvalue weighted by Gasteiger charge is 2.24. The second-order valence-electron chi connectivity index (χ2n) is 6.17. The van der Waals surface area contributed by atoms with Gasteiger partial charge in [-0.2, -0.15) is 0 Å². The number of amides is 1. The summed E-state index contributed by atoms with van der Waals surface area (Å²) in [5, 5.41) is 11.5. The molecule has 3 heterocycles. The molecule has 0 saturated heterocycles. The van der Waals surface area contributed by atoms with Crippen molar-refractivity contribution in [1.29, 1.82) is 0 Å². The molecule has 0 fully saturated rings. The molecule has 1 atom stereocenters. The number of anilines is 1. The molecule has 0 bridgehead atoms. The van der Waals surface area contributed by atoms with Crippen LogP contribution in [0.3, 0.4) is 0 Å². The number of imidazole rings is 1. The quantitative estimate of drug-likeness (QED) is 0.295. The number of guanidine groups is 1. The van der Waals surface area contributed by atoms with Crippen molar-refractivity contribution < 1.29 is 4.79 Å². The van der Waals surface area contributed by atoms with Crippen LogP contribution in [0.1, 0.15) is 23.6 Å². The zero-order valence-corrected chi connectivity index (χ0v) is 18.0. The van der Waals surface area contributed by atoms with E-state index in [9.17, 15) is 4.79 Å². The lowest BCUT2D eigenvalue weighted by molar-refractivity contribution is -0.116. The molecule has 142 valence electrons. The van der Waals surface area contributed by atoms with E-state index in [1.54, 1.807) is 18.4 Å². The number of hydrogen-bond donors (Lipinski definition) is 3. The number of hydrogen-bond acceptors (Lipinski definition) is 4. The lowest BCUT2D eigenvalue weighted by Crippen LogP contribution is -2.40. The number of aliphatic imine (C=N–C) groups is 1. The van der Waals surface area contributed by atoms with Gasteiger partial charge in [0.2, 0.25) is 5.91 Å². The summed E-state index contributed by atoms with van der Waals surface area (Å²) in [6, 6.07) is 7.94. The van der Waals surface area contributed by atoms with Crippen LogP contribution < -0.4 is 16.0 Å². The van der Waals surface area contributed by atoms with Gasteiger partial charge in [-0.3, -0.25) is 14.2 Å². The van der Waals surface area contributed by atoms with Gasteiger partial charge in [-0.1, -0.05) is 18.2 Å². The number of carbonyl (C=O) groups is 1. The predicted molar refractivity (Wildman–Crippen MR) is 119 cm³/mol. The first-order chi connectivity index (χ1) is 12.7. The molecule has 1 aromatic carbocycles. The van der Waals surface area contributed by atoms with Crippen molar-refractivity contribution in [3.63, 3.8) is 0 Å². The number of thiazole rings is 1. The lowest BCUT2D eigenvalue weighted by Gasteiger charge is -2.26. The van der Waals surface area contributed by atoms with Gasteiger partial charge in [-0.15, -0.1) is 35.3 Å². The lowest BCUT2D eigenvalue weighted by atomic mass is 9.90. The summed E-state index contributed by atoms with van der Waals surface area (Å²) in [6.07, 6.45) is 4.47. The summed E-state index contributed by atoms with van der Waals surface area (Å²) < 4.78 is 2.01. The molecule has 0 saturated carbocycles. The molecule has 3 N–H and O–H groups in total. The van der Waals surface area contributed by atoms with Gasteiger partial charge in [0, 0.05) is 49.4 Å². The zero-order chi connectivity index (χ0) is 17.9. The van der Waals surface area contributed by atoms with Gasteiger partial charge in [0.05, 0.1) is 12.2 Å². The Labute approximate surface area is 178 Å². The highest BCUT2D eigenvalue weighted by Crippen LogP contribution is 2.31. The highest BCUT2D eigenvalue weighted by molar-refractivity contribution is 14.0. The van der Waals surface area contributed by atoms with Crippen molar-refractivity contribution in [3.8, 4) is 0 Å². The molecular formula is C18H21IN6OS. The predicted octanol–water partition coefficient (Wildman–Crippen LogP) is 2.80. The van der Waals surface area contributed by atoms with E-state index in [1.807, 2.05) is 40.4 Å². The van der Waals surface area contributed by atoms with Crippen LogP contribution in [0.25, 0.3) is 4.96 Å². The summed E-state index contributed by atoms with van der Waals surface area (Å²) in [4.78, 5) is 21.7. The number of rotatable bonds is 4. The molecule has 3 aromatic rings. The average molecular weight is 496 g/mol. The Morgan fingerprint density at radius 2 is 2.26 bits per heavy atom. The third-order valence-electron chi connectivity index (χ3n) is 4.43. The van der Waals surface area contributed by atoms with E-state index in [2.05, 4.69) is 32.0 Å². The van der Waals surface area contributed by atoms with E-state index in [4.69, 9.17) is 0 Å². The van der Waals surface area contributed by atoms with Crippen molar-refractivity contribution in [1.82, 2.24) is 20.0 Å². The first-order valence-electron chi connectivity index (χ1n) is 8.47. The second kappa shape index (κ2) is 8.70. The third-order valence-corrected chi connectivity index (χ3v) is 5.20. The molecule has 1 aliphatic heterocycles. The maximum atomic E-state index is 11.9. The number of carbonyl (C=O) groups excluding carboxylic acids is 1. The SMILES string of the molecule is CN=C(NCc1cn2ccsc2n1)NCC1CC(=O)Nc2ccccc21.I. The molecule has 2 aromatic heterocycles. The van der Waals surface area contributed by atoms with E-state index >= 15 is 0 Å². The van der Waals surface area contributed by atoms with E-state index in [1.165, 1.54) is 0 Å². The second-order valence-corrected chi connectivity index (χ2v) is 7.04. The number of para-hydroxylation sites is 1. The monoisotopic (exact) mass is 496 g/mol. The molecule has 0 aliphatic carbocycles. The van der Waals surface area contributed by atoms with Crippen molar-refractivity contribution in [2.75, 3.05) is 18.9 Å². The summed E-state index contributed by atoms with van der Waals surface area (Å²) in [5.74, 6) is 0.873. The number of fused-ring (bicyclic) bond motifs is 2. The largest absolute Gasteiger partial charge is 0.356 e. The first kappa shape index (κ1) is 19.6. The number of nitrogens with one attached hydrogen (secondary N) is 3. The molecular weight excluding hydrogens is 475 g/mol. The van der Waals surface area contributed by atoms with Crippen LogP contribution in [0.5, 0.6) is 0 Å². The highest BCUT2D eigenvalue weighted by atomic mass is 127. The fourth-order valence-electron chi connectivity index (χ4n) is 3.16. The van der Waals surface area contributed by atoms with Gasteiger partial charge in [0.25, 0.3) is 0 Å². The Morgan fingerprint density at radius 3 is 3.07 bits per heavy atom. The summed E-state index contributed by atoms with van der Waals surface area (Å²) >= 11 is 1.61. The van der Waals surface area contributed by atoms with Gasteiger partial charge >= 0.3 is 0 Å². The van der Waals surface area contributed by atoms with E-state index < -0.39 is 0 Å². The fourth-order valence-corrected chi connectivity index (χ4v) is 3.88. The van der Waals surface area contributed by atoms with Crippen molar-refractivity contribution in [2.24, 2.45) is 4.99 Å². The summed E-state index contributed by atoms with van der Waals surface area (Å²) in [6.45, 7) is 1.23. The molecule has 9 heteroatoms. The minimum atomic E-state index is 0. The fraction of sp³-hybridized carbons (Fsp3) is 0.278. The zero-order valence-electron chi connectivity index (χ0n) is 14.8. The van der Waals surface area contributed by atoms with Gasteiger partial charge in [0.1, 0.15) is 0 Å². The minimum Gasteiger partial charge on any atom is -0.356 e. The Morgan fingerprint density at radius 1 is 1.41 bits per heavy atom. The topological polar surface area (TPSA) is 82.8 Å². The standard InChI is InChI=1S/C18H20N6OS.HI/c1-19-17(21-10-13-11-24-6-7-26-18(24)22-13)20-9-12-8-16(25)23-15-5-3-2-4-14(12)15;/h2-7,11-12H,8-10H2,1H3,(H,23,25)(H2,19,20,21);1H. The average Bonchev–Trinajstić information content (AvgIpc) is 3.23. The minimum absolute atomic E-state index is 0. The van der Waals surface area contributed by atoms with E-state index in [0.29, 0.717) is 25.5 Å². The van der Waals surface area contributed by atoms with Gasteiger partial charge in [-0.05, 0) is 11.6 Å². The van der Waals surface area contributed by atoms with Crippen molar-refractivity contribution in [2.45, 2.75) is 18.9 Å². The van der Waals surface area contributed by atoms with Crippen molar-refractivity contribution >= 4 is 57.8 Å². The van der Waals surface area contributed by atoms with Crippen LogP contribution in [0.4, 0.5) is 5.69 Å². The molecule has 1 aliphatic rings. The Kier molecular flexibility index (Phi) is 6.32. The van der Waals surface area contributed by atoms with Crippen LogP contribution in [-0.2, 0) is 11.3 Å². The van der Waals surface area contributed by atoms with Crippen LogP contribution in [0.15, 0.2) is 47.0 Å². The van der Waals surface area contributed by atoms with Crippen LogP contribution in [0, 0.1) is 0 Å². The molecule has 4 rings (SSSR count). The van der Waals surface area contributed by atoms with Crippen LogP contribution >= 0.6 is 35.3 Å². The molecule has 0 radical (unpaired) electrons. The molecule has 27 heavy (non-hydrogen) atoms. The molecule has 1 unspecified atom stereocenters. The Hall–Kier alpha value is -2.14. The van der Waals surface area contributed by atoms with Crippen LogP contribution in [-0.4, -0.2) is 34.8 Å². The van der Waals surface area contributed by atoms with E-state index in [-0.39, 0.29) is 35.8 Å². The first-order valence-corrected chi connectivity index (χ1v) is 9.35. The van der Waals surface area contributed by atoms with Gasteiger partial charge < -0.3 is 16.0 Å². The van der Waals surface area contributed by atoms with Crippen LogP contribution in [0.2, 0.25) is 0 Å². The summed E-state index contributed by atoms with van der Waals surface area (Å²) in [5.41, 5.74) is 3.02. The molecule has 0 spiro atoms. The number of benzene rings is 1.